The van der Waals surface area contributed by atoms with Crippen LogP contribution in [-0.4, -0.2) is 22.9 Å². The van der Waals surface area contributed by atoms with Crippen LogP contribution in [0.5, 0.6) is 0 Å². The highest BCUT2D eigenvalue weighted by Gasteiger charge is 2.39. The Hall–Kier alpha value is -0.940. The van der Waals surface area contributed by atoms with Crippen molar-refractivity contribution in [2.75, 3.05) is 6.61 Å². The number of rotatable bonds is 5. The molecule has 1 aliphatic carbocycles. The van der Waals surface area contributed by atoms with Crippen molar-refractivity contribution in [3.05, 3.63) is 11.7 Å². The van der Waals surface area contributed by atoms with Crippen molar-refractivity contribution in [2.45, 2.75) is 65.0 Å². The van der Waals surface area contributed by atoms with E-state index in [4.69, 9.17) is 15.0 Å². The molecule has 1 heterocycles. The Kier molecular flexibility index (Phi) is 4.26. The van der Waals surface area contributed by atoms with E-state index < -0.39 is 0 Å². The molecule has 2 unspecified atom stereocenters. The zero-order valence-electron chi connectivity index (χ0n) is 12.3. The molecule has 2 atom stereocenters. The normalized spacial score (nSPS) is 24.0. The fourth-order valence-corrected chi connectivity index (χ4v) is 2.69. The SMILES string of the molecule is CC(C)OCC(N)c1noc(C2CCCC2(C)C)n1. The van der Waals surface area contributed by atoms with E-state index in [0.29, 0.717) is 18.3 Å². The van der Waals surface area contributed by atoms with Gasteiger partial charge in [0.25, 0.3) is 0 Å². The molecular weight excluding hydrogens is 242 g/mol. The van der Waals surface area contributed by atoms with Crippen LogP contribution >= 0.6 is 0 Å². The first-order valence-electron chi connectivity index (χ1n) is 7.11. The van der Waals surface area contributed by atoms with Gasteiger partial charge in [-0.2, -0.15) is 4.98 Å². The topological polar surface area (TPSA) is 74.2 Å². The third kappa shape index (κ3) is 3.34. The molecule has 0 radical (unpaired) electrons. The van der Waals surface area contributed by atoms with Gasteiger partial charge in [0.15, 0.2) is 5.82 Å². The first-order valence-corrected chi connectivity index (χ1v) is 7.11. The third-order valence-corrected chi connectivity index (χ3v) is 3.95. The van der Waals surface area contributed by atoms with Crippen LogP contribution in [0.1, 0.15) is 70.6 Å². The molecule has 0 amide bonds. The zero-order chi connectivity index (χ0) is 14.0. The van der Waals surface area contributed by atoms with Crippen molar-refractivity contribution in [1.82, 2.24) is 10.1 Å². The van der Waals surface area contributed by atoms with Crippen LogP contribution in [0.25, 0.3) is 0 Å². The molecule has 0 aromatic carbocycles. The minimum atomic E-state index is -0.315. The molecule has 1 aliphatic rings. The van der Waals surface area contributed by atoms with Crippen LogP contribution < -0.4 is 5.73 Å². The van der Waals surface area contributed by atoms with Crippen LogP contribution in [0, 0.1) is 5.41 Å². The molecule has 0 aliphatic heterocycles. The second-order valence-corrected chi connectivity index (χ2v) is 6.41. The van der Waals surface area contributed by atoms with Crippen molar-refractivity contribution in [3.63, 3.8) is 0 Å². The lowest BCUT2D eigenvalue weighted by molar-refractivity contribution is 0.0665. The van der Waals surface area contributed by atoms with Crippen LogP contribution in [0.4, 0.5) is 0 Å². The number of ether oxygens (including phenoxy) is 1. The number of hydrogen-bond donors (Lipinski definition) is 1. The number of aromatic nitrogens is 2. The van der Waals surface area contributed by atoms with Crippen molar-refractivity contribution >= 4 is 0 Å². The van der Waals surface area contributed by atoms with Crippen LogP contribution in [0.2, 0.25) is 0 Å². The average molecular weight is 267 g/mol. The second-order valence-electron chi connectivity index (χ2n) is 6.41. The molecule has 2 N–H and O–H groups in total. The standard InChI is InChI=1S/C14H25N3O2/c1-9(2)18-8-11(15)12-16-13(19-17-12)10-6-5-7-14(10,3)4/h9-11H,5-8,15H2,1-4H3. The lowest BCUT2D eigenvalue weighted by atomic mass is 9.82. The Bertz CT molecular complexity index is 415. The molecule has 0 spiro atoms. The minimum Gasteiger partial charge on any atom is -0.377 e. The number of nitrogens with zero attached hydrogens (tertiary/aromatic N) is 2. The van der Waals surface area contributed by atoms with Gasteiger partial charge < -0.3 is 15.0 Å². The van der Waals surface area contributed by atoms with E-state index in [9.17, 15) is 0 Å². The van der Waals surface area contributed by atoms with Crippen LogP contribution in [0.3, 0.4) is 0 Å². The molecule has 1 aromatic rings. The van der Waals surface area contributed by atoms with E-state index in [1.165, 1.54) is 12.8 Å². The smallest absolute Gasteiger partial charge is 0.230 e. The summed E-state index contributed by atoms with van der Waals surface area (Å²) in [6.45, 7) is 8.90. The molecule has 2 rings (SSSR count). The maximum absolute atomic E-state index is 6.01. The summed E-state index contributed by atoms with van der Waals surface area (Å²) in [4.78, 5) is 4.48. The fourth-order valence-electron chi connectivity index (χ4n) is 2.69. The van der Waals surface area contributed by atoms with E-state index in [1.807, 2.05) is 13.8 Å². The first kappa shape index (κ1) is 14.5. The average Bonchev–Trinajstić information content (AvgIpc) is 2.91. The largest absolute Gasteiger partial charge is 0.377 e. The highest BCUT2D eigenvalue weighted by atomic mass is 16.5. The van der Waals surface area contributed by atoms with Gasteiger partial charge in [-0.3, -0.25) is 0 Å². The van der Waals surface area contributed by atoms with Gasteiger partial charge in [-0.1, -0.05) is 25.4 Å². The Labute approximate surface area is 114 Å². The fraction of sp³-hybridized carbons (Fsp3) is 0.857. The molecule has 5 nitrogen and oxygen atoms in total. The quantitative estimate of drug-likeness (QED) is 0.888. The summed E-state index contributed by atoms with van der Waals surface area (Å²) in [6, 6.07) is -0.315. The monoisotopic (exact) mass is 267 g/mol. The maximum atomic E-state index is 6.01. The zero-order valence-corrected chi connectivity index (χ0v) is 12.3. The van der Waals surface area contributed by atoms with Gasteiger partial charge >= 0.3 is 0 Å². The summed E-state index contributed by atoms with van der Waals surface area (Å²) in [5.41, 5.74) is 6.25. The van der Waals surface area contributed by atoms with Gasteiger partial charge in [-0.05, 0) is 32.1 Å². The van der Waals surface area contributed by atoms with Gasteiger partial charge in [0.1, 0.15) is 0 Å². The Morgan fingerprint density at radius 1 is 1.47 bits per heavy atom. The van der Waals surface area contributed by atoms with E-state index >= 15 is 0 Å². The highest BCUT2D eigenvalue weighted by Crippen LogP contribution is 2.48. The third-order valence-electron chi connectivity index (χ3n) is 3.95. The molecule has 1 saturated carbocycles. The molecule has 0 bridgehead atoms. The van der Waals surface area contributed by atoms with E-state index in [2.05, 4.69) is 24.0 Å². The Morgan fingerprint density at radius 3 is 2.79 bits per heavy atom. The van der Waals surface area contributed by atoms with Crippen molar-refractivity contribution in [3.8, 4) is 0 Å². The summed E-state index contributed by atoms with van der Waals surface area (Å²) in [5, 5.41) is 4.01. The van der Waals surface area contributed by atoms with Gasteiger partial charge in [0.05, 0.1) is 18.8 Å². The predicted molar refractivity (Wildman–Crippen MR) is 72.7 cm³/mol. The number of nitrogens with two attached hydrogens (primary N) is 1. The molecule has 0 saturated heterocycles. The van der Waals surface area contributed by atoms with Gasteiger partial charge in [-0.15, -0.1) is 0 Å². The number of hydrogen-bond acceptors (Lipinski definition) is 5. The van der Waals surface area contributed by atoms with Crippen molar-refractivity contribution in [1.29, 1.82) is 0 Å². The highest BCUT2D eigenvalue weighted by molar-refractivity contribution is 5.05. The van der Waals surface area contributed by atoms with Crippen molar-refractivity contribution < 1.29 is 9.26 Å². The predicted octanol–water partition coefficient (Wildman–Crippen LogP) is 2.79. The summed E-state index contributed by atoms with van der Waals surface area (Å²) in [7, 11) is 0. The van der Waals surface area contributed by atoms with Crippen LogP contribution in [-0.2, 0) is 4.74 Å². The summed E-state index contributed by atoms with van der Waals surface area (Å²) < 4.78 is 10.9. The summed E-state index contributed by atoms with van der Waals surface area (Å²) in [6.07, 6.45) is 3.70. The van der Waals surface area contributed by atoms with Gasteiger partial charge in [-0.25, -0.2) is 0 Å². The summed E-state index contributed by atoms with van der Waals surface area (Å²) in [5.74, 6) is 1.64. The lowest BCUT2D eigenvalue weighted by Crippen LogP contribution is -2.21. The maximum Gasteiger partial charge on any atom is 0.230 e. The minimum absolute atomic E-state index is 0.159. The Morgan fingerprint density at radius 2 is 2.21 bits per heavy atom. The molecular formula is C14H25N3O2. The van der Waals surface area contributed by atoms with E-state index in [0.717, 1.165) is 12.3 Å². The van der Waals surface area contributed by atoms with E-state index in [1.54, 1.807) is 0 Å². The van der Waals surface area contributed by atoms with Gasteiger partial charge in [0, 0.05) is 5.92 Å². The van der Waals surface area contributed by atoms with Crippen LogP contribution in [0.15, 0.2) is 4.52 Å². The van der Waals surface area contributed by atoms with Gasteiger partial charge in [0.2, 0.25) is 5.89 Å². The Balaban J connectivity index is 2.02. The first-order chi connectivity index (χ1) is 8.90. The molecule has 1 fully saturated rings. The molecule has 108 valence electrons. The molecule has 5 heteroatoms. The lowest BCUT2D eigenvalue weighted by Gasteiger charge is -2.23. The van der Waals surface area contributed by atoms with E-state index in [-0.39, 0.29) is 17.6 Å². The summed E-state index contributed by atoms with van der Waals surface area (Å²) >= 11 is 0. The molecule has 1 aromatic heterocycles. The second kappa shape index (κ2) is 5.59. The molecule has 19 heavy (non-hydrogen) atoms. The van der Waals surface area contributed by atoms with Crippen molar-refractivity contribution in [2.24, 2.45) is 11.1 Å².